The smallest absolute Gasteiger partial charge is 0.159 e. The molecular formula is C18H18ClN5O2. The molecule has 0 aliphatic carbocycles. The van der Waals surface area contributed by atoms with Crippen LogP contribution in [0.3, 0.4) is 0 Å². The summed E-state index contributed by atoms with van der Waals surface area (Å²) >= 11 is 6.17. The van der Waals surface area contributed by atoms with Gasteiger partial charge in [0.15, 0.2) is 11.6 Å². The van der Waals surface area contributed by atoms with E-state index in [0.29, 0.717) is 45.2 Å². The molecule has 3 rings (SSSR count). The van der Waals surface area contributed by atoms with Crippen molar-refractivity contribution in [1.29, 1.82) is 0 Å². The van der Waals surface area contributed by atoms with E-state index in [0.717, 1.165) is 0 Å². The van der Waals surface area contributed by atoms with Crippen molar-refractivity contribution in [3.8, 4) is 11.5 Å². The minimum atomic E-state index is 0.352. The van der Waals surface area contributed by atoms with Crippen LogP contribution in [-0.4, -0.2) is 24.2 Å². The standard InChI is InChI=1S/C18H18ClN5O2/c1-25-11-7-8-14(15(9-11)26-2)24-18-16(20)17(21-10-22-18)23-13-6-4-3-5-12(13)19/h3-10H,20H2,1-2H3,(H2,21,22,23,24). The Hall–Kier alpha value is -3.19. The van der Waals surface area contributed by atoms with Gasteiger partial charge in [0.25, 0.3) is 0 Å². The van der Waals surface area contributed by atoms with Crippen LogP contribution in [0.25, 0.3) is 0 Å². The molecule has 0 radical (unpaired) electrons. The van der Waals surface area contributed by atoms with Gasteiger partial charge >= 0.3 is 0 Å². The van der Waals surface area contributed by atoms with Crippen LogP contribution in [0.4, 0.5) is 28.7 Å². The van der Waals surface area contributed by atoms with Gasteiger partial charge in [0, 0.05) is 6.07 Å². The molecule has 1 heterocycles. The molecule has 134 valence electrons. The number of para-hydroxylation sites is 1. The van der Waals surface area contributed by atoms with Gasteiger partial charge in [-0.2, -0.15) is 0 Å². The first-order valence-electron chi connectivity index (χ1n) is 7.73. The van der Waals surface area contributed by atoms with Gasteiger partial charge < -0.3 is 25.8 Å². The molecule has 8 heteroatoms. The molecule has 26 heavy (non-hydrogen) atoms. The van der Waals surface area contributed by atoms with Gasteiger partial charge in [0.05, 0.1) is 30.6 Å². The molecule has 0 saturated heterocycles. The van der Waals surface area contributed by atoms with Gasteiger partial charge in [-0.3, -0.25) is 0 Å². The summed E-state index contributed by atoms with van der Waals surface area (Å²) in [7, 11) is 3.17. The van der Waals surface area contributed by atoms with Gasteiger partial charge in [0.2, 0.25) is 0 Å². The Bertz CT molecular complexity index is 920. The van der Waals surface area contributed by atoms with Crippen LogP contribution < -0.4 is 25.8 Å². The Balaban J connectivity index is 1.89. The number of rotatable bonds is 6. The Morgan fingerprint density at radius 1 is 0.923 bits per heavy atom. The average Bonchev–Trinajstić information content (AvgIpc) is 2.67. The lowest BCUT2D eigenvalue weighted by molar-refractivity contribution is 0.395. The van der Waals surface area contributed by atoms with Crippen LogP contribution in [0, 0.1) is 0 Å². The molecule has 0 unspecified atom stereocenters. The zero-order valence-corrected chi connectivity index (χ0v) is 15.0. The third-order valence-corrected chi connectivity index (χ3v) is 4.00. The van der Waals surface area contributed by atoms with E-state index in [2.05, 4.69) is 20.6 Å². The second-order valence-electron chi connectivity index (χ2n) is 5.28. The summed E-state index contributed by atoms with van der Waals surface area (Å²) < 4.78 is 10.6. The molecule has 0 fully saturated rings. The van der Waals surface area contributed by atoms with E-state index in [1.54, 1.807) is 26.4 Å². The third-order valence-electron chi connectivity index (χ3n) is 3.67. The largest absolute Gasteiger partial charge is 0.497 e. The second kappa shape index (κ2) is 7.79. The molecule has 1 aromatic heterocycles. The zero-order chi connectivity index (χ0) is 18.5. The fourth-order valence-corrected chi connectivity index (χ4v) is 2.50. The highest BCUT2D eigenvalue weighted by Gasteiger charge is 2.12. The number of benzene rings is 2. The predicted molar refractivity (Wildman–Crippen MR) is 104 cm³/mol. The number of methoxy groups -OCH3 is 2. The highest BCUT2D eigenvalue weighted by Crippen LogP contribution is 2.35. The lowest BCUT2D eigenvalue weighted by Gasteiger charge is -2.15. The zero-order valence-electron chi connectivity index (χ0n) is 14.3. The SMILES string of the molecule is COc1ccc(Nc2ncnc(Nc3ccccc3Cl)c2N)c(OC)c1. The molecule has 0 spiro atoms. The summed E-state index contributed by atoms with van der Waals surface area (Å²) in [4.78, 5) is 8.40. The van der Waals surface area contributed by atoms with Crippen molar-refractivity contribution in [2.45, 2.75) is 0 Å². The summed E-state index contributed by atoms with van der Waals surface area (Å²) in [6, 6.07) is 12.7. The molecule has 0 bridgehead atoms. The van der Waals surface area contributed by atoms with E-state index in [1.165, 1.54) is 6.33 Å². The van der Waals surface area contributed by atoms with Crippen molar-refractivity contribution in [1.82, 2.24) is 9.97 Å². The summed E-state index contributed by atoms with van der Waals surface area (Å²) in [5, 5.41) is 6.83. The lowest BCUT2D eigenvalue weighted by atomic mass is 10.2. The number of nitrogens with one attached hydrogen (secondary N) is 2. The Kier molecular flexibility index (Phi) is 5.28. The monoisotopic (exact) mass is 371 g/mol. The number of aromatic nitrogens is 2. The maximum atomic E-state index is 6.22. The van der Waals surface area contributed by atoms with Crippen LogP contribution in [0.5, 0.6) is 11.5 Å². The van der Waals surface area contributed by atoms with Crippen LogP contribution >= 0.6 is 11.6 Å². The van der Waals surface area contributed by atoms with Crippen molar-refractivity contribution in [2.75, 3.05) is 30.6 Å². The van der Waals surface area contributed by atoms with Gasteiger partial charge in [0.1, 0.15) is 23.5 Å². The van der Waals surface area contributed by atoms with Crippen LogP contribution in [0.2, 0.25) is 5.02 Å². The summed E-state index contributed by atoms with van der Waals surface area (Å²) in [6.07, 6.45) is 1.41. The van der Waals surface area contributed by atoms with Crippen molar-refractivity contribution < 1.29 is 9.47 Å². The fraction of sp³-hybridized carbons (Fsp3) is 0.111. The van der Waals surface area contributed by atoms with E-state index in [9.17, 15) is 0 Å². The van der Waals surface area contributed by atoms with Crippen LogP contribution in [-0.2, 0) is 0 Å². The van der Waals surface area contributed by atoms with Gasteiger partial charge in [-0.1, -0.05) is 23.7 Å². The molecule has 0 aliphatic rings. The Morgan fingerprint density at radius 2 is 1.62 bits per heavy atom. The maximum absolute atomic E-state index is 6.22. The maximum Gasteiger partial charge on any atom is 0.159 e. The number of nitrogens with zero attached hydrogens (tertiary/aromatic N) is 2. The highest BCUT2D eigenvalue weighted by molar-refractivity contribution is 6.33. The van der Waals surface area contributed by atoms with Crippen molar-refractivity contribution in [3.05, 3.63) is 53.8 Å². The first kappa shape index (κ1) is 17.6. The summed E-state index contributed by atoms with van der Waals surface area (Å²) in [6.45, 7) is 0. The number of halogens is 1. The molecule has 0 atom stereocenters. The molecule has 2 aromatic carbocycles. The van der Waals surface area contributed by atoms with Crippen molar-refractivity contribution in [3.63, 3.8) is 0 Å². The van der Waals surface area contributed by atoms with Gasteiger partial charge in [-0.15, -0.1) is 0 Å². The molecule has 4 N–H and O–H groups in total. The Morgan fingerprint density at radius 3 is 2.27 bits per heavy atom. The summed E-state index contributed by atoms with van der Waals surface area (Å²) in [5.41, 5.74) is 7.97. The molecule has 0 saturated carbocycles. The third kappa shape index (κ3) is 3.73. The van der Waals surface area contributed by atoms with E-state index < -0.39 is 0 Å². The van der Waals surface area contributed by atoms with Crippen LogP contribution in [0.15, 0.2) is 48.8 Å². The number of nitrogen functional groups attached to an aromatic ring is 1. The Labute approximate surface area is 156 Å². The number of hydrogen-bond acceptors (Lipinski definition) is 7. The molecule has 0 amide bonds. The average molecular weight is 372 g/mol. The number of anilines is 5. The predicted octanol–water partition coefficient (Wildman–Crippen LogP) is 4.22. The highest BCUT2D eigenvalue weighted by atomic mass is 35.5. The minimum Gasteiger partial charge on any atom is -0.497 e. The van der Waals surface area contributed by atoms with E-state index in [-0.39, 0.29) is 0 Å². The lowest BCUT2D eigenvalue weighted by Crippen LogP contribution is -2.06. The number of ether oxygens (including phenoxy) is 2. The first-order valence-corrected chi connectivity index (χ1v) is 8.11. The normalized spacial score (nSPS) is 10.3. The van der Waals surface area contributed by atoms with Crippen molar-refractivity contribution >= 4 is 40.3 Å². The second-order valence-corrected chi connectivity index (χ2v) is 5.69. The first-order chi connectivity index (χ1) is 12.6. The van der Waals surface area contributed by atoms with Crippen LogP contribution in [0.1, 0.15) is 0 Å². The minimum absolute atomic E-state index is 0.352. The molecule has 7 nitrogen and oxygen atoms in total. The van der Waals surface area contributed by atoms with E-state index >= 15 is 0 Å². The van der Waals surface area contributed by atoms with Gasteiger partial charge in [-0.05, 0) is 24.3 Å². The number of hydrogen-bond donors (Lipinski definition) is 3. The van der Waals surface area contributed by atoms with Gasteiger partial charge in [-0.25, -0.2) is 9.97 Å². The fourth-order valence-electron chi connectivity index (χ4n) is 2.31. The quantitative estimate of drug-likeness (QED) is 0.597. The van der Waals surface area contributed by atoms with Crippen molar-refractivity contribution in [2.24, 2.45) is 0 Å². The number of nitrogens with two attached hydrogens (primary N) is 1. The molecule has 3 aromatic rings. The molecule has 0 aliphatic heterocycles. The van der Waals surface area contributed by atoms with E-state index in [1.807, 2.05) is 30.3 Å². The summed E-state index contributed by atoms with van der Waals surface area (Å²) in [5.74, 6) is 2.17. The molecular weight excluding hydrogens is 354 g/mol. The van der Waals surface area contributed by atoms with E-state index in [4.69, 9.17) is 26.8 Å². The topological polar surface area (TPSA) is 94.3 Å².